The predicted molar refractivity (Wildman–Crippen MR) is 116 cm³/mol. The van der Waals surface area contributed by atoms with Gasteiger partial charge in [0.15, 0.2) is 11.6 Å². The maximum atomic E-state index is 13.2. The third-order valence-electron chi connectivity index (χ3n) is 4.82. The minimum absolute atomic E-state index is 0.0983. The van der Waals surface area contributed by atoms with E-state index < -0.39 is 11.7 Å². The number of aromatic amines is 1. The molecule has 0 unspecified atom stereocenters. The van der Waals surface area contributed by atoms with Gasteiger partial charge in [0.05, 0.1) is 19.2 Å². The summed E-state index contributed by atoms with van der Waals surface area (Å²) in [5.74, 6) is 0.449. The summed E-state index contributed by atoms with van der Waals surface area (Å²) in [6.45, 7) is 0.0983. The van der Waals surface area contributed by atoms with Crippen LogP contribution in [0.5, 0.6) is 5.75 Å². The van der Waals surface area contributed by atoms with Gasteiger partial charge in [-0.2, -0.15) is 5.10 Å². The van der Waals surface area contributed by atoms with Gasteiger partial charge in [-0.15, -0.1) is 0 Å². The summed E-state index contributed by atoms with van der Waals surface area (Å²) in [5.41, 5.74) is 1.55. The molecule has 0 radical (unpaired) electrons. The number of methoxy groups -OCH3 is 1. The molecule has 1 amide bonds. The Morgan fingerprint density at radius 2 is 1.66 bits per heavy atom. The van der Waals surface area contributed by atoms with E-state index in [1.165, 1.54) is 24.3 Å². The number of ketones is 1. The Morgan fingerprint density at radius 3 is 2.34 bits per heavy atom. The fourth-order valence-electron chi connectivity index (χ4n) is 3.14. The molecule has 0 aliphatic rings. The molecule has 32 heavy (non-hydrogen) atoms. The molecule has 8 heteroatoms. The second-order valence-corrected chi connectivity index (χ2v) is 6.90. The minimum Gasteiger partial charge on any atom is -0.497 e. The molecular weight excluding hydrogens is 411 g/mol. The highest BCUT2D eigenvalue weighted by Crippen LogP contribution is 2.19. The van der Waals surface area contributed by atoms with Crippen molar-refractivity contribution in [2.75, 3.05) is 7.11 Å². The van der Waals surface area contributed by atoms with Gasteiger partial charge in [-0.1, -0.05) is 18.2 Å². The fraction of sp³-hybridized carbons (Fsp3) is 0.0833. The topological polar surface area (TPSA) is 97.0 Å². The van der Waals surface area contributed by atoms with E-state index in [0.717, 1.165) is 11.3 Å². The first-order valence-electron chi connectivity index (χ1n) is 9.78. The first kappa shape index (κ1) is 20.9. The molecular formula is C24H19FN4O3. The van der Waals surface area contributed by atoms with Crippen molar-refractivity contribution in [2.24, 2.45) is 0 Å². The number of nitrogens with zero attached hydrogens (tertiary/aromatic N) is 2. The van der Waals surface area contributed by atoms with E-state index in [1.807, 2.05) is 24.3 Å². The second kappa shape index (κ2) is 9.22. The highest BCUT2D eigenvalue weighted by molar-refractivity contribution is 6.15. The molecule has 2 N–H and O–H groups in total. The van der Waals surface area contributed by atoms with Crippen LogP contribution < -0.4 is 10.1 Å². The van der Waals surface area contributed by atoms with E-state index >= 15 is 0 Å². The van der Waals surface area contributed by atoms with E-state index in [1.54, 1.807) is 31.4 Å². The van der Waals surface area contributed by atoms with Crippen molar-refractivity contribution in [1.29, 1.82) is 0 Å². The molecule has 0 spiro atoms. The fourth-order valence-corrected chi connectivity index (χ4v) is 3.14. The van der Waals surface area contributed by atoms with E-state index in [4.69, 9.17) is 4.74 Å². The number of benzene rings is 3. The molecule has 0 atom stereocenters. The lowest BCUT2D eigenvalue weighted by Gasteiger charge is -2.09. The third-order valence-corrected chi connectivity index (χ3v) is 4.82. The maximum absolute atomic E-state index is 13.2. The molecule has 1 aromatic heterocycles. The summed E-state index contributed by atoms with van der Waals surface area (Å²) in [5, 5.41) is 9.72. The first-order chi connectivity index (χ1) is 15.5. The van der Waals surface area contributed by atoms with Gasteiger partial charge in [-0.25, -0.2) is 9.37 Å². The Morgan fingerprint density at radius 1 is 0.969 bits per heavy atom. The van der Waals surface area contributed by atoms with Crippen LogP contribution in [0.2, 0.25) is 0 Å². The zero-order chi connectivity index (χ0) is 22.5. The molecule has 4 rings (SSSR count). The number of carbonyl (C=O) groups excluding carboxylic acids is 2. The zero-order valence-corrected chi connectivity index (χ0v) is 17.1. The normalized spacial score (nSPS) is 10.6. The zero-order valence-electron chi connectivity index (χ0n) is 17.1. The lowest BCUT2D eigenvalue weighted by Crippen LogP contribution is -2.25. The van der Waals surface area contributed by atoms with Crippen LogP contribution in [0.3, 0.4) is 0 Å². The SMILES string of the molecule is COc1ccc(-c2n[nH]c(CNC(=O)c3ccccc3C(=O)c3ccc(F)cc3)n2)cc1. The van der Waals surface area contributed by atoms with Crippen molar-refractivity contribution in [3.8, 4) is 17.1 Å². The van der Waals surface area contributed by atoms with E-state index in [2.05, 4.69) is 20.5 Å². The molecule has 4 aromatic rings. The number of amides is 1. The van der Waals surface area contributed by atoms with Gasteiger partial charge < -0.3 is 10.1 Å². The van der Waals surface area contributed by atoms with Crippen molar-refractivity contribution in [3.63, 3.8) is 0 Å². The summed E-state index contributed by atoms with van der Waals surface area (Å²) >= 11 is 0. The number of ether oxygens (including phenoxy) is 1. The highest BCUT2D eigenvalue weighted by Gasteiger charge is 2.18. The van der Waals surface area contributed by atoms with Crippen LogP contribution >= 0.6 is 0 Å². The van der Waals surface area contributed by atoms with Crippen LogP contribution in [0.15, 0.2) is 72.8 Å². The van der Waals surface area contributed by atoms with Gasteiger partial charge in [0.2, 0.25) is 0 Å². The average Bonchev–Trinajstić information content (AvgIpc) is 3.32. The Bertz CT molecular complexity index is 1250. The number of hydrogen-bond donors (Lipinski definition) is 2. The number of nitrogens with one attached hydrogen (secondary N) is 2. The summed E-state index contributed by atoms with van der Waals surface area (Å²) in [6, 6.07) is 19.0. The number of aromatic nitrogens is 3. The Kier molecular flexibility index (Phi) is 6.03. The van der Waals surface area contributed by atoms with E-state index in [-0.39, 0.29) is 23.5 Å². The van der Waals surface area contributed by atoms with Crippen LogP contribution in [-0.4, -0.2) is 34.0 Å². The molecule has 0 saturated heterocycles. The van der Waals surface area contributed by atoms with Crippen molar-refractivity contribution in [1.82, 2.24) is 20.5 Å². The number of rotatable bonds is 7. The van der Waals surface area contributed by atoms with Crippen molar-refractivity contribution < 1.29 is 18.7 Å². The molecule has 0 aliphatic heterocycles. The molecule has 160 valence electrons. The summed E-state index contributed by atoms with van der Waals surface area (Å²) < 4.78 is 18.3. The molecule has 0 aliphatic carbocycles. The van der Waals surface area contributed by atoms with Crippen molar-refractivity contribution in [3.05, 3.63) is 101 Å². The second-order valence-electron chi connectivity index (χ2n) is 6.90. The lowest BCUT2D eigenvalue weighted by molar-refractivity contribution is 0.0939. The quantitative estimate of drug-likeness (QED) is 0.435. The number of carbonyl (C=O) groups is 2. The number of hydrogen-bond acceptors (Lipinski definition) is 5. The smallest absolute Gasteiger partial charge is 0.252 e. The van der Waals surface area contributed by atoms with Crippen molar-refractivity contribution >= 4 is 11.7 Å². The molecule has 0 bridgehead atoms. The van der Waals surface area contributed by atoms with Gasteiger partial charge in [-0.05, 0) is 54.6 Å². The predicted octanol–water partition coefficient (Wildman–Crippen LogP) is 3.78. The van der Waals surface area contributed by atoms with Gasteiger partial charge in [0.25, 0.3) is 5.91 Å². The Balaban J connectivity index is 1.46. The molecule has 3 aromatic carbocycles. The summed E-state index contributed by atoms with van der Waals surface area (Å²) in [7, 11) is 1.59. The Hall–Kier alpha value is -4.33. The van der Waals surface area contributed by atoms with E-state index in [0.29, 0.717) is 17.2 Å². The number of H-pyrrole nitrogens is 1. The van der Waals surface area contributed by atoms with Crippen LogP contribution in [0.1, 0.15) is 32.1 Å². The van der Waals surface area contributed by atoms with Gasteiger partial charge >= 0.3 is 0 Å². The first-order valence-corrected chi connectivity index (χ1v) is 9.78. The summed E-state index contributed by atoms with van der Waals surface area (Å²) in [6.07, 6.45) is 0. The highest BCUT2D eigenvalue weighted by atomic mass is 19.1. The lowest BCUT2D eigenvalue weighted by atomic mass is 9.98. The average molecular weight is 430 g/mol. The largest absolute Gasteiger partial charge is 0.497 e. The van der Waals surface area contributed by atoms with Gasteiger partial charge in [0, 0.05) is 16.7 Å². The molecule has 0 saturated carbocycles. The monoisotopic (exact) mass is 430 g/mol. The van der Waals surface area contributed by atoms with E-state index in [9.17, 15) is 14.0 Å². The van der Waals surface area contributed by atoms with Gasteiger partial charge in [0.1, 0.15) is 17.4 Å². The number of halogens is 1. The minimum atomic E-state index is -0.436. The Labute approximate surface area is 183 Å². The summed E-state index contributed by atoms with van der Waals surface area (Å²) in [4.78, 5) is 30.0. The molecule has 1 heterocycles. The van der Waals surface area contributed by atoms with Crippen LogP contribution in [0, 0.1) is 5.82 Å². The van der Waals surface area contributed by atoms with Crippen LogP contribution in [0.25, 0.3) is 11.4 Å². The van der Waals surface area contributed by atoms with Crippen LogP contribution in [-0.2, 0) is 6.54 Å². The van der Waals surface area contributed by atoms with Crippen molar-refractivity contribution in [2.45, 2.75) is 6.54 Å². The standard InChI is InChI=1S/C24H19FN4O3/c1-32-18-12-8-16(9-13-18)23-27-21(28-29-23)14-26-24(31)20-5-3-2-4-19(20)22(30)15-6-10-17(25)11-7-15/h2-13H,14H2,1H3,(H,26,31)(H,27,28,29). The third kappa shape index (κ3) is 4.54. The molecule has 7 nitrogen and oxygen atoms in total. The maximum Gasteiger partial charge on any atom is 0.252 e. The van der Waals surface area contributed by atoms with Gasteiger partial charge in [-0.3, -0.25) is 14.7 Å². The van der Waals surface area contributed by atoms with Crippen LogP contribution in [0.4, 0.5) is 4.39 Å². The molecule has 0 fully saturated rings.